The molecule has 3 saturated carbocycles. The second-order valence-electron chi connectivity index (χ2n) is 5.77. The topological polar surface area (TPSA) is 57.5 Å². The first-order valence-corrected chi connectivity index (χ1v) is 5.82. The Kier molecular flexibility index (Phi) is 2.53. The number of hydrogen-bond acceptors (Lipinski definition) is 2. The van der Waals surface area contributed by atoms with Crippen LogP contribution >= 0.6 is 0 Å². The Morgan fingerprint density at radius 3 is 2.60 bits per heavy atom. The number of aliphatic carboxylic acids is 1. The van der Waals surface area contributed by atoms with Gasteiger partial charge in [0.1, 0.15) is 0 Å². The van der Waals surface area contributed by atoms with Crippen LogP contribution in [-0.2, 0) is 4.79 Å². The molecule has 0 aromatic heterocycles. The minimum Gasteiger partial charge on any atom is -0.481 e. The van der Waals surface area contributed by atoms with Gasteiger partial charge in [-0.25, -0.2) is 0 Å². The first kappa shape index (κ1) is 10.9. The average Bonchev–Trinajstić information content (AvgIpc) is 2.16. The molecular weight excluding hydrogens is 192 g/mol. The van der Waals surface area contributed by atoms with Crippen molar-refractivity contribution in [3.63, 3.8) is 0 Å². The van der Waals surface area contributed by atoms with Crippen molar-refractivity contribution in [2.75, 3.05) is 0 Å². The first-order valence-electron chi connectivity index (χ1n) is 5.82. The molecule has 86 valence electrons. The predicted octanol–water partition coefficient (Wildman–Crippen LogP) is 1.89. The molecule has 4 atom stereocenters. The van der Waals surface area contributed by atoms with Gasteiger partial charge in [0, 0.05) is 0 Å². The normalized spacial score (nSPS) is 39.3. The molecule has 0 spiro atoms. The molecule has 1 unspecified atom stereocenters. The summed E-state index contributed by atoms with van der Waals surface area (Å²) < 4.78 is 0. The minimum atomic E-state index is -0.887. The molecule has 0 amide bonds. The van der Waals surface area contributed by atoms with Crippen LogP contribution in [0.1, 0.15) is 39.5 Å². The van der Waals surface area contributed by atoms with Gasteiger partial charge in [-0.3, -0.25) is 4.79 Å². The summed E-state index contributed by atoms with van der Waals surface area (Å²) >= 11 is 0. The van der Waals surface area contributed by atoms with E-state index in [1.165, 1.54) is 6.42 Å². The number of carbonyl (C=O) groups is 1. The maximum absolute atomic E-state index is 10.6. The second kappa shape index (κ2) is 3.48. The maximum atomic E-state index is 10.6. The van der Waals surface area contributed by atoms with E-state index in [2.05, 4.69) is 13.8 Å². The molecule has 3 heteroatoms. The van der Waals surface area contributed by atoms with Crippen molar-refractivity contribution in [2.24, 2.45) is 23.2 Å². The summed E-state index contributed by atoms with van der Waals surface area (Å²) in [6, 6.07) is 0. The smallest absolute Gasteiger partial charge is 0.305 e. The van der Waals surface area contributed by atoms with Gasteiger partial charge < -0.3 is 10.2 Å². The molecule has 3 fully saturated rings. The zero-order valence-corrected chi connectivity index (χ0v) is 9.44. The molecule has 3 nitrogen and oxygen atoms in total. The zero-order chi connectivity index (χ0) is 11.2. The van der Waals surface area contributed by atoms with Gasteiger partial charge in [0.25, 0.3) is 0 Å². The zero-order valence-electron chi connectivity index (χ0n) is 9.44. The van der Waals surface area contributed by atoms with Gasteiger partial charge in [-0.1, -0.05) is 13.8 Å². The summed E-state index contributed by atoms with van der Waals surface area (Å²) in [6.07, 6.45) is 2.61. The molecule has 0 aromatic carbocycles. The lowest BCUT2D eigenvalue weighted by atomic mass is 9.45. The number of carboxylic acids is 1. The molecule has 3 rings (SSSR count). The summed E-state index contributed by atoms with van der Waals surface area (Å²) in [7, 11) is 0. The third kappa shape index (κ3) is 1.67. The van der Waals surface area contributed by atoms with E-state index < -0.39 is 12.1 Å². The summed E-state index contributed by atoms with van der Waals surface area (Å²) in [5, 5.41) is 18.6. The maximum Gasteiger partial charge on any atom is 0.305 e. The third-order valence-electron chi connectivity index (χ3n) is 4.79. The molecule has 3 aliphatic rings. The van der Waals surface area contributed by atoms with Gasteiger partial charge in [0.15, 0.2) is 0 Å². The van der Waals surface area contributed by atoms with E-state index in [-0.39, 0.29) is 12.3 Å². The molecule has 0 heterocycles. The largest absolute Gasteiger partial charge is 0.481 e. The summed E-state index contributed by atoms with van der Waals surface area (Å²) in [5.41, 5.74) is 0.322. The van der Waals surface area contributed by atoms with E-state index >= 15 is 0 Å². The van der Waals surface area contributed by atoms with Crippen LogP contribution in [0.2, 0.25) is 0 Å². The molecule has 2 bridgehead atoms. The average molecular weight is 212 g/mol. The number of fused-ring (bicyclic) bond motifs is 2. The number of aliphatic hydroxyl groups excluding tert-OH is 1. The van der Waals surface area contributed by atoms with Crippen molar-refractivity contribution in [2.45, 2.75) is 45.6 Å². The van der Waals surface area contributed by atoms with Crippen molar-refractivity contribution in [3.05, 3.63) is 0 Å². The molecular formula is C12H20O3. The highest BCUT2D eigenvalue weighted by molar-refractivity contribution is 5.67. The molecule has 3 aliphatic carbocycles. The van der Waals surface area contributed by atoms with E-state index in [1.807, 2.05) is 0 Å². The van der Waals surface area contributed by atoms with Crippen LogP contribution in [0, 0.1) is 23.2 Å². The second-order valence-corrected chi connectivity index (χ2v) is 5.77. The van der Waals surface area contributed by atoms with Crippen molar-refractivity contribution < 1.29 is 15.0 Å². The molecule has 15 heavy (non-hydrogen) atoms. The van der Waals surface area contributed by atoms with Crippen molar-refractivity contribution in [1.29, 1.82) is 0 Å². The van der Waals surface area contributed by atoms with E-state index in [9.17, 15) is 9.90 Å². The fourth-order valence-corrected chi connectivity index (χ4v) is 3.66. The lowest BCUT2D eigenvalue weighted by molar-refractivity contribution is -0.153. The quantitative estimate of drug-likeness (QED) is 0.751. The lowest BCUT2D eigenvalue weighted by Gasteiger charge is -2.61. The van der Waals surface area contributed by atoms with Crippen LogP contribution in [0.25, 0.3) is 0 Å². The number of hydrogen-bond donors (Lipinski definition) is 2. The van der Waals surface area contributed by atoms with Gasteiger partial charge in [-0.2, -0.15) is 0 Å². The SMILES string of the molecule is CC1(C)[C@H]2CCC([C@H](O)CC(=O)O)[C@@H]1C2. The standard InChI is InChI=1S/C12H20O3/c1-12(2)7-3-4-8(9(12)5-7)10(13)6-11(14)15/h7-10,13H,3-6H2,1-2H3,(H,14,15)/t7-,8?,9-,10+/m0/s1. The highest BCUT2D eigenvalue weighted by Gasteiger charge is 2.55. The van der Waals surface area contributed by atoms with E-state index in [1.54, 1.807) is 0 Å². The Hall–Kier alpha value is -0.570. The fourth-order valence-electron chi connectivity index (χ4n) is 3.66. The predicted molar refractivity (Wildman–Crippen MR) is 56.4 cm³/mol. The van der Waals surface area contributed by atoms with Gasteiger partial charge in [0.05, 0.1) is 12.5 Å². The Morgan fingerprint density at radius 1 is 1.47 bits per heavy atom. The molecule has 0 aliphatic heterocycles. The highest BCUT2D eigenvalue weighted by Crippen LogP contribution is 2.62. The van der Waals surface area contributed by atoms with Gasteiger partial charge in [0.2, 0.25) is 0 Å². The summed E-state index contributed by atoms with van der Waals surface area (Å²) in [4.78, 5) is 10.6. The van der Waals surface area contributed by atoms with Crippen molar-refractivity contribution >= 4 is 5.97 Å². The summed E-state index contributed by atoms with van der Waals surface area (Å²) in [5.74, 6) is 0.657. The van der Waals surface area contributed by atoms with Crippen LogP contribution in [-0.4, -0.2) is 22.3 Å². The molecule has 0 radical (unpaired) electrons. The Bertz CT molecular complexity index is 270. The van der Waals surface area contributed by atoms with E-state index in [0.29, 0.717) is 11.3 Å². The summed E-state index contributed by atoms with van der Waals surface area (Å²) in [6.45, 7) is 4.51. The fraction of sp³-hybridized carbons (Fsp3) is 0.917. The molecule has 2 N–H and O–H groups in total. The van der Waals surface area contributed by atoms with Crippen LogP contribution in [0.4, 0.5) is 0 Å². The monoisotopic (exact) mass is 212 g/mol. The molecule has 0 saturated heterocycles. The van der Waals surface area contributed by atoms with Crippen molar-refractivity contribution in [1.82, 2.24) is 0 Å². The first-order chi connectivity index (χ1) is 6.93. The van der Waals surface area contributed by atoms with E-state index in [4.69, 9.17) is 5.11 Å². The van der Waals surface area contributed by atoms with Crippen LogP contribution in [0.15, 0.2) is 0 Å². The lowest BCUT2D eigenvalue weighted by Crippen LogP contribution is -2.55. The van der Waals surface area contributed by atoms with Gasteiger partial charge in [-0.05, 0) is 42.4 Å². The van der Waals surface area contributed by atoms with Crippen molar-refractivity contribution in [3.8, 4) is 0 Å². The van der Waals surface area contributed by atoms with Crippen LogP contribution in [0.5, 0.6) is 0 Å². The van der Waals surface area contributed by atoms with Gasteiger partial charge in [-0.15, -0.1) is 0 Å². The Morgan fingerprint density at radius 2 is 2.13 bits per heavy atom. The van der Waals surface area contributed by atoms with Crippen LogP contribution in [0.3, 0.4) is 0 Å². The van der Waals surface area contributed by atoms with Crippen LogP contribution < -0.4 is 0 Å². The Labute approximate surface area is 90.5 Å². The van der Waals surface area contributed by atoms with Gasteiger partial charge >= 0.3 is 5.97 Å². The Balaban J connectivity index is 2.01. The number of rotatable bonds is 3. The third-order valence-corrected chi connectivity index (χ3v) is 4.79. The molecule has 0 aromatic rings. The van der Waals surface area contributed by atoms with E-state index in [0.717, 1.165) is 18.8 Å². The minimum absolute atomic E-state index is 0.0953. The number of carboxylic acid groups (broad SMARTS) is 1. The highest BCUT2D eigenvalue weighted by atomic mass is 16.4. The number of aliphatic hydroxyl groups is 1.